The van der Waals surface area contributed by atoms with Crippen LogP contribution in [0.1, 0.15) is 59.1 Å². The molecule has 1 aromatic rings. The molecule has 4 unspecified atom stereocenters. The van der Waals surface area contributed by atoms with Gasteiger partial charge in [0.1, 0.15) is 18.1 Å². The highest BCUT2D eigenvalue weighted by Gasteiger charge is 2.31. The van der Waals surface area contributed by atoms with Crippen LogP contribution in [0.5, 0.6) is 0 Å². The number of nitrogens with one attached hydrogen (secondary N) is 4. The fourth-order valence-corrected chi connectivity index (χ4v) is 3.51. The predicted molar refractivity (Wildman–Crippen MR) is 131 cm³/mol. The standard InChI is InChI=1S/C23H39N7O6/c1-12(2)7-15(24)20(32)29-18(9-14-10-26-11-27-14)22(34)30-17(8-13(3)4)21(33)28-16(23(35)36)5-6-19(25)31/h10-13,15-18H,5-9,24H2,1-4H3,(H2,25,31)(H,26,27)(H,28,33)(H,29,32)(H,30,34)(H,35,36). The lowest BCUT2D eigenvalue weighted by molar-refractivity contribution is -0.142. The molecular formula is C23H39N7O6. The summed E-state index contributed by atoms with van der Waals surface area (Å²) in [4.78, 5) is 68.2. The van der Waals surface area contributed by atoms with Crippen molar-refractivity contribution in [3.8, 4) is 0 Å². The van der Waals surface area contributed by atoms with Crippen LogP contribution in [0.15, 0.2) is 12.5 Å². The highest BCUT2D eigenvalue weighted by Crippen LogP contribution is 2.09. The lowest BCUT2D eigenvalue weighted by Crippen LogP contribution is -2.58. The number of nitrogens with two attached hydrogens (primary N) is 2. The summed E-state index contributed by atoms with van der Waals surface area (Å²) < 4.78 is 0. The van der Waals surface area contributed by atoms with Crippen molar-refractivity contribution in [3.63, 3.8) is 0 Å². The minimum atomic E-state index is -1.36. The zero-order valence-electron chi connectivity index (χ0n) is 21.2. The van der Waals surface area contributed by atoms with Crippen molar-refractivity contribution in [2.75, 3.05) is 0 Å². The van der Waals surface area contributed by atoms with Gasteiger partial charge in [-0.3, -0.25) is 19.2 Å². The van der Waals surface area contributed by atoms with E-state index in [0.29, 0.717) is 12.1 Å². The van der Waals surface area contributed by atoms with Gasteiger partial charge in [-0.15, -0.1) is 0 Å². The van der Waals surface area contributed by atoms with E-state index >= 15 is 0 Å². The highest BCUT2D eigenvalue weighted by molar-refractivity contribution is 5.94. The first-order valence-electron chi connectivity index (χ1n) is 11.9. The van der Waals surface area contributed by atoms with E-state index in [9.17, 15) is 29.1 Å². The van der Waals surface area contributed by atoms with Crippen LogP contribution >= 0.6 is 0 Å². The number of hydrogen-bond donors (Lipinski definition) is 7. The molecule has 0 saturated carbocycles. The molecule has 0 aliphatic carbocycles. The summed E-state index contributed by atoms with van der Waals surface area (Å²) in [5, 5.41) is 17.0. The van der Waals surface area contributed by atoms with E-state index < -0.39 is 53.8 Å². The minimum absolute atomic E-state index is 0.0324. The smallest absolute Gasteiger partial charge is 0.326 e. The highest BCUT2D eigenvalue weighted by atomic mass is 16.4. The van der Waals surface area contributed by atoms with Crippen molar-refractivity contribution in [1.29, 1.82) is 0 Å². The van der Waals surface area contributed by atoms with E-state index in [1.165, 1.54) is 12.5 Å². The average Bonchev–Trinajstić information content (AvgIpc) is 3.27. The molecule has 0 radical (unpaired) electrons. The maximum Gasteiger partial charge on any atom is 0.326 e. The van der Waals surface area contributed by atoms with Gasteiger partial charge in [0, 0.05) is 24.7 Å². The van der Waals surface area contributed by atoms with E-state index in [1.807, 2.05) is 27.7 Å². The van der Waals surface area contributed by atoms with Gasteiger partial charge in [0.2, 0.25) is 23.6 Å². The third-order valence-corrected chi connectivity index (χ3v) is 5.31. The van der Waals surface area contributed by atoms with Crippen LogP contribution in [0.2, 0.25) is 0 Å². The first-order chi connectivity index (χ1) is 16.8. The quantitative estimate of drug-likeness (QED) is 0.149. The molecule has 13 heteroatoms. The number of aromatic amines is 1. The molecule has 4 amide bonds. The topological polar surface area (TPSA) is 222 Å². The molecule has 9 N–H and O–H groups in total. The Morgan fingerprint density at radius 1 is 0.917 bits per heavy atom. The summed E-state index contributed by atoms with van der Waals surface area (Å²) in [6.07, 6.45) is 3.22. The molecule has 0 fully saturated rings. The van der Waals surface area contributed by atoms with Crippen LogP contribution < -0.4 is 27.4 Å². The number of aliphatic carboxylic acids is 1. The Balaban J connectivity index is 3.04. The average molecular weight is 510 g/mol. The monoisotopic (exact) mass is 509 g/mol. The van der Waals surface area contributed by atoms with E-state index in [2.05, 4.69) is 25.9 Å². The molecule has 0 aliphatic rings. The Morgan fingerprint density at radius 3 is 1.97 bits per heavy atom. The van der Waals surface area contributed by atoms with Crippen molar-refractivity contribution in [2.24, 2.45) is 23.3 Å². The largest absolute Gasteiger partial charge is 0.480 e. The van der Waals surface area contributed by atoms with Crippen LogP contribution in [0.3, 0.4) is 0 Å². The van der Waals surface area contributed by atoms with Crippen molar-refractivity contribution in [1.82, 2.24) is 25.9 Å². The number of imidazole rings is 1. The summed E-state index contributed by atoms with van der Waals surface area (Å²) >= 11 is 0. The lowest BCUT2D eigenvalue weighted by Gasteiger charge is -2.26. The normalized spacial score (nSPS) is 14.5. The van der Waals surface area contributed by atoms with Crippen molar-refractivity contribution in [3.05, 3.63) is 18.2 Å². The zero-order chi connectivity index (χ0) is 27.4. The lowest BCUT2D eigenvalue weighted by atomic mass is 10.0. The van der Waals surface area contributed by atoms with Crippen LogP contribution in [0.4, 0.5) is 0 Å². The maximum absolute atomic E-state index is 13.2. The zero-order valence-corrected chi connectivity index (χ0v) is 21.2. The van der Waals surface area contributed by atoms with Gasteiger partial charge < -0.3 is 37.5 Å². The Labute approximate surface area is 210 Å². The van der Waals surface area contributed by atoms with Crippen LogP contribution in [-0.2, 0) is 30.4 Å². The predicted octanol–water partition coefficient (Wildman–Crippen LogP) is -0.824. The maximum atomic E-state index is 13.2. The Kier molecular flexibility index (Phi) is 12.6. The number of carbonyl (C=O) groups excluding carboxylic acids is 4. The number of amides is 4. The number of rotatable bonds is 16. The van der Waals surface area contributed by atoms with Gasteiger partial charge in [-0.05, 0) is 31.1 Å². The second-order valence-corrected chi connectivity index (χ2v) is 9.67. The van der Waals surface area contributed by atoms with E-state index in [4.69, 9.17) is 11.5 Å². The van der Waals surface area contributed by atoms with Gasteiger partial charge in [0.15, 0.2) is 0 Å². The van der Waals surface area contributed by atoms with Gasteiger partial charge >= 0.3 is 5.97 Å². The fraction of sp³-hybridized carbons (Fsp3) is 0.652. The molecule has 202 valence electrons. The first kappa shape index (κ1) is 30.6. The van der Waals surface area contributed by atoms with E-state index in [-0.39, 0.29) is 37.5 Å². The minimum Gasteiger partial charge on any atom is -0.480 e. The van der Waals surface area contributed by atoms with Crippen LogP contribution in [0, 0.1) is 11.8 Å². The van der Waals surface area contributed by atoms with Crippen LogP contribution in [0.25, 0.3) is 0 Å². The molecule has 0 saturated heterocycles. The fourth-order valence-electron chi connectivity index (χ4n) is 3.51. The third-order valence-electron chi connectivity index (χ3n) is 5.31. The Morgan fingerprint density at radius 2 is 1.47 bits per heavy atom. The molecule has 1 rings (SSSR count). The number of H-pyrrole nitrogens is 1. The second kappa shape index (κ2) is 14.8. The number of nitrogens with zero attached hydrogens (tertiary/aromatic N) is 1. The molecule has 13 nitrogen and oxygen atoms in total. The molecule has 0 spiro atoms. The summed E-state index contributed by atoms with van der Waals surface area (Å²) in [6, 6.07) is -4.33. The summed E-state index contributed by atoms with van der Waals surface area (Å²) in [5.74, 6) is -3.77. The second-order valence-electron chi connectivity index (χ2n) is 9.67. The van der Waals surface area contributed by atoms with Crippen LogP contribution in [-0.4, -0.2) is 68.8 Å². The SMILES string of the molecule is CC(C)CC(N)C(=O)NC(Cc1cnc[nH]1)C(=O)NC(CC(C)C)C(=O)NC(CCC(N)=O)C(=O)O. The summed E-state index contributed by atoms with van der Waals surface area (Å²) in [5.41, 5.74) is 11.6. The van der Waals surface area contributed by atoms with Gasteiger partial charge in [-0.2, -0.15) is 0 Å². The number of aromatic nitrogens is 2. The molecule has 0 aromatic carbocycles. The number of carbonyl (C=O) groups is 5. The summed E-state index contributed by atoms with van der Waals surface area (Å²) in [7, 11) is 0. The van der Waals surface area contributed by atoms with E-state index in [0.717, 1.165) is 0 Å². The Bertz CT molecular complexity index is 888. The molecule has 1 heterocycles. The number of hydrogen-bond acceptors (Lipinski definition) is 7. The summed E-state index contributed by atoms with van der Waals surface area (Å²) in [6.45, 7) is 7.52. The van der Waals surface area contributed by atoms with E-state index in [1.54, 1.807) is 0 Å². The number of primary amides is 1. The molecule has 36 heavy (non-hydrogen) atoms. The Hall–Kier alpha value is -3.48. The molecule has 1 aromatic heterocycles. The number of carboxylic acids is 1. The first-order valence-corrected chi connectivity index (χ1v) is 11.9. The third kappa shape index (κ3) is 11.3. The van der Waals surface area contributed by atoms with Gasteiger partial charge in [-0.25, -0.2) is 9.78 Å². The van der Waals surface area contributed by atoms with Crippen molar-refractivity contribution < 1.29 is 29.1 Å². The van der Waals surface area contributed by atoms with Gasteiger partial charge in [0.05, 0.1) is 12.4 Å². The van der Waals surface area contributed by atoms with Gasteiger partial charge in [-0.1, -0.05) is 27.7 Å². The van der Waals surface area contributed by atoms with Crippen molar-refractivity contribution >= 4 is 29.6 Å². The van der Waals surface area contributed by atoms with Gasteiger partial charge in [0.25, 0.3) is 0 Å². The molecule has 4 atom stereocenters. The molecule has 0 aliphatic heterocycles. The molecule has 0 bridgehead atoms. The molecular weight excluding hydrogens is 470 g/mol. The van der Waals surface area contributed by atoms with Crippen molar-refractivity contribution in [2.45, 2.75) is 84.0 Å². The number of carboxylic acid groups (broad SMARTS) is 1.